The topological polar surface area (TPSA) is 83.8 Å². The summed E-state index contributed by atoms with van der Waals surface area (Å²) in [4.78, 5) is 22.9. The summed E-state index contributed by atoms with van der Waals surface area (Å²) in [6.45, 7) is 7.28. The van der Waals surface area contributed by atoms with Crippen LogP contribution in [-0.4, -0.2) is 37.8 Å². The normalized spacial score (nSPS) is 15.9. The van der Waals surface area contributed by atoms with Crippen molar-refractivity contribution in [3.8, 4) is 0 Å². The van der Waals surface area contributed by atoms with Crippen LogP contribution in [0, 0.1) is 11.3 Å². The minimum atomic E-state index is -1.48. The molecule has 0 aliphatic heterocycles. The van der Waals surface area contributed by atoms with Crippen molar-refractivity contribution < 1.29 is 24.2 Å². The maximum atomic E-state index is 11.4. The summed E-state index contributed by atoms with van der Waals surface area (Å²) in [5, 5.41) is 21.2. The first-order valence-electron chi connectivity index (χ1n) is 12.7. The lowest BCUT2D eigenvalue weighted by atomic mass is 9.68. The molecule has 35 heavy (non-hydrogen) atoms. The molecule has 2 aromatic rings. The molecule has 0 aromatic heterocycles. The van der Waals surface area contributed by atoms with E-state index in [1.807, 2.05) is 6.07 Å². The summed E-state index contributed by atoms with van der Waals surface area (Å²) in [5.74, 6) is -3.82. The molecule has 0 atom stereocenters. The molecule has 3 rings (SSSR count). The van der Waals surface area contributed by atoms with Crippen LogP contribution in [0.2, 0.25) is 0 Å². The number of hydrogen-bond acceptors (Lipinski definition) is 3. The van der Waals surface area contributed by atoms with Gasteiger partial charge in [-0.1, -0.05) is 94.6 Å². The van der Waals surface area contributed by atoms with Gasteiger partial charge in [-0.3, -0.25) is 9.59 Å². The summed E-state index contributed by atoms with van der Waals surface area (Å²) < 4.78 is 6.75. The van der Waals surface area contributed by atoms with Gasteiger partial charge in [-0.2, -0.15) is 0 Å². The molecule has 2 N–H and O–H groups in total. The first-order valence-corrected chi connectivity index (χ1v) is 14.1. The Morgan fingerprint density at radius 2 is 1.51 bits per heavy atom. The summed E-state index contributed by atoms with van der Waals surface area (Å²) in [6.07, 6.45) is 7.03. The van der Waals surface area contributed by atoms with Crippen LogP contribution in [0.15, 0.2) is 54.6 Å². The van der Waals surface area contributed by atoms with Crippen LogP contribution in [-0.2, 0) is 19.4 Å². The minimum absolute atomic E-state index is 0.00206. The average Bonchev–Trinajstić information content (AvgIpc) is 2.82. The smallest absolute Gasteiger partial charge is 0.317 e. The Morgan fingerprint density at radius 3 is 2.11 bits per heavy atom. The molecule has 1 radical (unpaired) electrons. The zero-order chi connectivity index (χ0) is 25.5. The molecule has 0 unspecified atom stereocenters. The third-order valence-corrected chi connectivity index (χ3v) is 9.64. The molecule has 1 fully saturated rings. The number of hydrogen-bond donors (Lipinski definition) is 2. The van der Waals surface area contributed by atoms with Gasteiger partial charge in [-0.25, -0.2) is 0 Å². The third-order valence-electron chi connectivity index (χ3n) is 7.37. The molecular formula is C29H39O5Si. The highest BCUT2D eigenvalue weighted by atomic mass is 28.3. The maximum Gasteiger partial charge on any atom is 0.317 e. The van der Waals surface area contributed by atoms with E-state index in [1.165, 1.54) is 22.4 Å². The molecule has 0 bridgehead atoms. The van der Waals surface area contributed by atoms with Gasteiger partial charge in [0, 0.05) is 6.61 Å². The number of carboxylic acid groups (broad SMARTS) is 2. The van der Waals surface area contributed by atoms with E-state index in [0.29, 0.717) is 13.0 Å². The van der Waals surface area contributed by atoms with Crippen molar-refractivity contribution in [2.75, 3.05) is 6.61 Å². The summed E-state index contributed by atoms with van der Waals surface area (Å²) >= 11 is 0. The Labute approximate surface area is 211 Å². The van der Waals surface area contributed by atoms with E-state index >= 15 is 0 Å². The maximum absolute atomic E-state index is 11.4. The fourth-order valence-electron chi connectivity index (χ4n) is 5.34. The second-order valence-corrected chi connectivity index (χ2v) is 13.0. The van der Waals surface area contributed by atoms with Crippen molar-refractivity contribution in [1.29, 1.82) is 0 Å². The number of carbonyl (C=O) groups is 2. The Morgan fingerprint density at radius 1 is 0.914 bits per heavy atom. The van der Waals surface area contributed by atoms with E-state index in [0.717, 1.165) is 32.1 Å². The average molecular weight is 496 g/mol. The minimum Gasteiger partial charge on any atom is -0.481 e. The van der Waals surface area contributed by atoms with Gasteiger partial charge in [0.2, 0.25) is 0 Å². The zero-order valence-corrected chi connectivity index (χ0v) is 22.3. The SMILES string of the molecule is CC(C)(C)c1ccccc1[Si](OCCC1(CCC(C(=O)O)C(=O)O)CCCCC1)c1ccccc1. The van der Waals surface area contributed by atoms with Crippen LogP contribution >= 0.6 is 0 Å². The fraction of sp³-hybridized carbons (Fsp3) is 0.517. The first kappa shape index (κ1) is 27.1. The zero-order valence-electron chi connectivity index (χ0n) is 21.3. The molecular weight excluding hydrogens is 456 g/mol. The Hall–Kier alpha value is -2.44. The van der Waals surface area contributed by atoms with Crippen molar-refractivity contribution in [3.05, 3.63) is 60.2 Å². The lowest BCUT2D eigenvalue weighted by molar-refractivity contribution is -0.155. The van der Waals surface area contributed by atoms with E-state index in [2.05, 4.69) is 69.3 Å². The highest BCUT2D eigenvalue weighted by Crippen LogP contribution is 2.44. The van der Waals surface area contributed by atoms with Crippen LogP contribution in [0.25, 0.3) is 0 Å². The van der Waals surface area contributed by atoms with Gasteiger partial charge < -0.3 is 14.6 Å². The van der Waals surface area contributed by atoms with Crippen molar-refractivity contribution in [3.63, 3.8) is 0 Å². The first-order chi connectivity index (χ1) is 16.6. The highest BCUT2D eigenvalue weighted by molar-refractivity contribution is 6.80. The second kappa shape index (κ2) is 12.0. The highest BCUT2D eigenvalue weighted by Gasteiger charge is 2.36. The summed E-state index contributed by atoms with van der Waals surface area (Å²) in [6, 6.07) is 19.0. The quantitative estimate of drug-likeness (QED) is 0.338. The molecule has 2 aromatic carbocycles. The van der Waals surface area contributed by atoms with Crippen molar-refractivity contribution in [1.82, 2.24) is 0 Å². The number of rotatable bonds is 11. The van der Waals surface area contributed by atoms with Gasteiger partial charge in [-0.05, 0) is 58.9 Å². The molecule has 5 nitrogen and oxygen atoms in total. The number of aliphatic carboxylic acids is 2. The summed E-state index contributed by atoms with van der Waals surface area (Å²) in [7, 11) is -1.48. The molecule has 1 aliphatic rings. The third kappa shape index (κ3) is 7.28. The number of carboxylic acids is 2. The van der Waals surface area contributed by atoms with Gasteiger partial charge in [0.05, 0.1) is 0 Å². The van der Waals surface area contributed by atoms with Gasteiger partial charge in [0.25, 0.3) is 9.04 Å². The van der Waals surface area contributed by atoms with Crippen LogP contribution < -0.4 is 10.4 Å². The molecule has 1 saturated carbocycles. The van der Waals surface area contributed by atoms with Crippen LogP contribution in [0.1, 0.15) is 77.7 Å². The standard InChI is InChI=1S/C29H39O5Si/c1-28(2,3)24-14-8-9-15-25(24)35(22-12-6-4-7-13-22)34-21-20-29(17-10-5-11-18-29)19-16-23(26(30)31)27(32)33/h4,6-9,12-15,23H,5,10-11,16-21H2,1-3H3,(H,30,31)(H,32,33). The van der Waals surface area contributed by atoms with Crippen molar-refractivity contribution >= 4 is 31.4 Å². The lowest BCUT2D eigenvalue weighted by Crippen LogP contribution is -2.48. The van der Waals surface area contributed by atoms with E-state index < -0.39 is 26.9 Å². The monoisotopic (exact) mass is 495 g/mol. The molecule has 189 valence electrons. The van der Waals surface area contributed by atoms with Crippen LogP contribution in [0.4, 0.5) is 0 Å². The molecule has 0 saturated heterocycles. The van der Waals surface area contributed by atoms with Crippen molar-refractivity contribution in [2.24, 2.45) is 11.3 Å². The Balaban J connectivity index is 1.80. The van der Waals surface area contributed by atoms with E-state index in [4.69, 9.17) is 4.43 Å². The number of benzene rings is 2. The van der Waals surface area contributed by atoms with Gasteiger partial charge in [0.15, 0.2) is 5.92 Å². The largest absolute Gasteiger partial charge is 0.481 e. The van der Waals surface area contributed by atoms with Gasteiger partial charge in [0.1, 0.15) is 0 Å². The van der Waals surface area contributed by atoms with E-state index in [1.54, 1.807) is 0 Å². The van der Waals surface area contributed by atoms with E-state index in [-0.39, 0.29) is 17.3 Å². The Bertz CT molecular complexity index is 962. The van der Waals surface area contributed by atoms with Crippen molar-refractivity contribution in [2.45, 2.75) is 77.6 Å². The van der Waals surface area contributed by atoms with Crippen LogP contribution in [0.5, 0.6) is 0 Å². The fourth-order valence-corrected chi connectivity index (χ4v) is 7.73. The van der Waals surface area contributed by atoms with E-state index in [9.17, 15) is 19.8 Å². The molecule has 1 aliphatic carbocycles. The predicted octanol–water partition coefficient (Wildman–Crippen LogP) is 5.01. The van der Waals surface area contributed by atoms with Gasteiger partial charge in [-0.15, -0.1) is 0 Å². The second-order valence-electron chi connectivity index (χ2n) is 10.9. The Kier molecular flexibility index (Phi) is 9.31. The van der Waals surface area contributed by atoms with Gasteiger partial charge >= 0.3 is 11.9 Å². The lowest BCUT2D eigenvalue weighted by Gasteiger charge is -2.38. The predicted molar refractivity (Wildman–Crippen MR) is 141 cm³/mol. The molecule has 6 heteroatoms. The molecule has 0 spiro atoms. The summed E-state index contributed by atoms with van der Waals surface area (Å²) in [5.41, 5.74) is 1.25. The molecule has 0 amide bonds. The molecule has 0 heterocycles. The van der Waals surface area contributed by atoms with Crippen LogP contribution in [0.3, 0.4) is 0 Å².